The first kappa shape index (κ1) is 20.5. The minimum Gasteiger partial charge on any atom is -0.330 e. The van der Waals surface area contributed by atoms with Gasteiger partial charge in [0.15, 0.2) is 0 Å². The van der Waals surface area contributed by atoms with E-state index in [1.807, 2.05) is 0 Å². The van der Waals surface area contributed by atoms with E-state index < -0.39 is 0 Å². The maximum atomic E-state index is 6.25. The molecule has 3 atom stereocenters. The number of aromatic nitrogens is 3. The van der Waals surface area contributed by atoms with Crippen molar-refractivity contribution in [3.05, 3.63) is 47.5 Å². The van der Waals surface area contributed by atoms with Crippen molar-refractivity contribution >= 4 is 0 Å². The lowest BCUT2D eigenvalue weighted by Gasteiger charge is -2.42. The fourth-order valence-corrected chi connectivity index (χ4v) is 5.63. The minimum absolute atomic E-state index is 0.0488. The van der Waals surface area contributed by atoms with Gasteiger partial charge >= 0.3 is 0 Å². The molecule has 2 aliphatic heterocycles. The van der Waals surface area contributed by atoms with Crippen LogP contribution < -0.4 is 5.73 Å². The Morgan fingerprint density at radius 1 is 1.07 bits per heavy atom. The number of hydrogen-bond donors (Lipinski definition) is 1. The highest BCUT2D eigenvalue weighted by atomic mass is 15.3. The van der Waals surface area contributed by atoms with E-state index in [4.69, 9.17) is 5.73 Å². The predicted molar refractivity (Wildman–Crippen MR) is 118 cm³/mol. The van der Waals surface area contributed by atoms with Crippen molar-refractivity contribution < 1.29 is 0 Å². The van der Waals surface area contributed by atoms with E-state index >= 15 is 0 Å². The van der Waals surface area contributed by atoms with Crippen molar-refractivity contribution in [3.8, 4) is 0 Å². The van der Waals surface area contributed by atoms with Crippen LogP contribution in [0.2, 0.25) is 0 Å². The molecule has 4 rings (SSSR count). The second-order valence-corrected chi connectivity index (χ2v) is 9.76. The number of hydrogen-bond acceptors (Lipinski definition) is 4. The number of fused-ring (bicyclic) bond motifs is 2. The molecule has 0 aliphatic carbocycles. The van der Waals surface area contributed by atoms with Gasteiger partial charge in [0.05, 0.1) is 0 Å². The summed E-state index contributed by atoms with van der Waals surface area (Å²) >= 11 is 0. The lowest BCUT2D eigenvalue weighted by atomic mass is 9.79. The average Bonchev–Trinajstić information content (AvgIpc) is 3.23. The van der Waals surface area contributed by atoms with Gasteiger partial charge in [0, 0.05) is 36.0 Å². The molecule has 0 amide bonds. The first-order chi connectivity index (χ1) is 13.9. The topological polar surface area (TPSA) is 60.0 Å². The van der Waals surface area contributed by atoms with Crippen LogP contribution in [0.5, 0.6) is 0 Å². The number of nitrogens with zero attached hydrogens (tertiary/aromatic N) is 4. The van der Waals surface area contributed by atoms with Crippen LogP contribution in [0.3, 0.4) is 0 Å². The molecule has 0 saturated carbocycles. The number of nitrogens with two attached hydrogens (primary N) is 1. The van der Waals surface area contributed by atoms with Gasteiger partial charge in [-0.3, -0.25) is 4.90 Å². The number of piperidine rings is 1. The van der Waals surface area contributed by atoms with E-state index in [9.17, 15) is 0 Å². The van der Waals surface area contributed by atoms with Gasteiger partial charge in [0.25, 0.3) is 0 Å². The van der Waals surface area contributed by atoms with Crippen LogP contribution in [0.1, 0.15) is 82.0 Å². The normalized spacial score (nSPS) is 26.8. The smallest absolute Gasteiger partial charge is 0.135 e. The van der Waals surface area contributed by atoms with Crippen molar-refractivity contribution in [2.45, 2.75) is 89.3 Å². The zero-order valence-electron chi connectivity index (χ0n) is 18.5. The van der Waals surface area contributed by atoms with Crippen LogP contribution in [0, 0.1) is 6.92 Å². The molecule has 2 saturated heterocycles. The van der Waals surface area contributed by atoms with Gasteiger partial charge in [-0.1, -0.05) is 51.1 Å². The summed E-state index contributed by atoms with van der Waals surface area (Å²) in [5.74, 6) is 2.65. The second kappa shape index (κ2) is 8.19. The summed E-state index contributed by atoms with van der Waals surface area (Å²) in [6.45, 7) is 10.7. The van der Waals surface area contributed by atoms with Crippen molar-refractivity contribution in [1.29, 1.82) is 0 Å². The Hall–Kier alpha value is -1.72. The van der Waals surface area contributed by atoms with E-state index in [0.29, 0.717) is 30.6 Å². The summed E-state index contributed by atoms with van der Waals surface area (Å²) in [6, 6.07) is 12.7. The van der Waals surface area contributed by atoms with Gasteiger partial charge in [0.2, 0.25) is 0 Å². The summed E-state index contributed by atoms with van der Waals surface area (Å²) in [5, 5.41) is 8.88. The largest absolute Gasteiger partial charge is 0.330 e. The van der Waals surface area contributed by atoms with Crippen LogP contribution >= 0.6 is 0 Å². The van der Waals surface area contributed by atoms with Crippen molar-refractivity contribution in [3.63, 3.8) is 0 Å². The molecule has 2 fully saturated rings. The summed E-state index contributed by atoms with van der Waals surface area (Å²) in [5.41, 5.74) is 7.67. The average molecular weight is 396 g/mol. The number of benzene rings is 1. The number of rotatable bonds is 7. The van der Waals surface area contributed by atoms with E-state index in [-0.39, 0.29) is 5.41 Å². The first-order valence-corrected chi connectivity index (χ1v) is 11.4. The molecule has 5 heteroatoms. The van der Waals surface area contributed by atoms with E-state index in [0.717, 1.165) is 24.6 Å². The van der Waals surface area contributed by atoms with E-state index in [2.05, 4.69) is 77.7 Å². The molecule has 5 nitrogen and oxygen atoms in total. The first-order valence-electron chi connectivity index (χ1n) is 11.4. The van der Waals surface area contributed by atoms with Gasteiger partial charge in [-0.15, -0.1) is 10.2 Å². The molecule has 2 bridgehead atoms. The molecule has 1 aromatic carbocycles. The molecule has 29 heavy (non-hydrogen) atoms. The van der Waals surface area contributed by atoms with Crippen LogP contribution in [0.25, 0.3) is 0 Å². The fourth-order valence-electron chi connectivity index (χ4n) is 5.63. The molecular weight excluding hydrogens is 358 g/mol. The van der Waals surface area contributed by atoms with Crippen molar-refractivity contribution in [2.75, 3.05) is 13.1 Å². The van der Waals surface area contributed by atoms with Crippen molar-refractivity contribution in [2.24, 2.45) is 5.73 Å². The van der Waals surface area contributed by atoms with Crippen LogP contribution in [0.15, 0.2) is 30.3 Å². The molecular formula is C24H37N5. The van der Waals surface area contributed by atoms with Crippen molar-refractivity contribution in [1.82, 2.24) is 19.7 Å². The number of aryl methyl sites for hydroxylation is 1. The monoisotopic (exact) mass is 395 g/mol. The Labute approximate surface area is 175 Å². The Morgan fingerprint density at radius 2 is 1.72 bits per heavy atom. The Morgan fingerprint density at radius 3 is 2.31 bits per heavy atom. The molecule has 2 aliphatic rings. The lowest BCUT2D eigenvalue weighted by molar-refractivity contribution is 0.0962. The van der Waals surface area contributed by atoms with Gasteiger partial charge in [-0.2, -0.15) is 0 Å². The summed E-state index contributed by atoms with van der Waals surface area (Å²) < 4.78 is 2.45. The van der Waals surface area contributed by atoms with Gasteiger partial charge in [0.1, 0.15) is 11.6 Å². The quantitative estimate of drug-likeness (QED) is 0.764. The Kier molecular flexibility index (Phi) is 5.80. The highest BCUT2D eigenvalue weighted by molar-refractivity contribution is 5.25. The highest BCUT2D eigenvalue weighted by Gasteiger charge is 2.42. The summed E-state index contributed by atoms with van der Waals surface area (Å²) in [4.78, 5) is 2.79. The van der Waals surface area contributed by atoms with Crippen LogP contribution in [-0.4, -0.2) is 44.8 Å². The third-order valence-corrected chi connectivity index (χ3v) is 7.48. The highest BCUT2D eigenvalue weighted by Crippen LogP contribution is 2.42. The van der Waals surface area contributed by atoms with Gasteiger partial charge in [-0.25, -0.2) is 0 Å². The minimum atomic E-state index is 0.0488. The fraction of sp³-hybridized carbons (Fsp3) is 0.667. The molecule has 2 N–H and O–H groups in total. The molecule has 2 aromatic rings. The SMILES string of the molecule is Cc1nnc(C(C)C)n1C1CC2CCC(C1)N2CCC(C)(CN)c1ccccc1. The van der Waals surface area contributed by atoms with Gasteiger partial charge in [-0.05, 0) is 51.1 Å². The third kappa shape index (κ3) is 3.87. The van der Waals surface area contributed by atoms with Crippen LogP contribution in [0.4, 0.5) is 0 Å². The van der Waals surface area contributed by atoms with Gasteiger partial charge < -0.3 is 10.3 Å². The standard InChI is InChI=1S/C24H37N5/c1-17(2)23-27-26-18(3)29(23)22-14-20-10-11-21(15-22)28(20)13-12-24(4,16-25)19-8-6-5-7-9-19/h5-9,17,20-22H,10-16,25H2,1-4H3. The van der Waals surface area contributed by atoms with Crippen LogP contribution in [-0.2, 0) is 5.41 Å². The lowest BCUT2D eigenvalue weighted by Crippen LogP contribution is -2.46. The molecule has 3 heterocycles. The maximum Gasteiger partial charge on any atom is 0.135 e. The van der Waals surface area contributed by atoms with E-state index in [1.165, 1.54) is 31.2 Å². The zero-order chi connectivity index (χ0) is 20.6. The maximum absolute atomic E-state index is 6.25. The zero-order valence-corrected chi connectivity index (χ0v) is 18.5. The Balaban J connectivity index is 1.46. The molecule has 158 valence electrons. The molecule has 0 radical (unpaired) electrons. The third-order valence-electron chi connectivity index (χ3n) is 7.48. The summed E-state index contributed by atoms with van der Waals surface area (Å²) in [7, 11) is 0. The molecule has 3 unspecified atom stereocenters. The summed E-state index contributed by atoms with van der Waals surface area (Å²) in [6.07, 6.45) is 6.21. The predicted octanol–water partition coefficient (Wildman–Crippen LogP) is 4.18. The molecule has 0 spiro atoms. The second-order valence-electron chi connectivity index (χ2n) is 9.76. The van der Waals surface area contributed by atoms with E-state index in [1.54, 1.807) is 0 Å². The molecule has 1 aromatic heterocycles. The Bertz CT molecular complexity index is 800.